The van der Waals surface area contributed by atoms with Gasteiger partial charge in [0.25, 0.3) is 0 Å². The van der Waals surface area contributed by atoms with Crippen LogP contribution in [0.4, 0.5) is 0 Å². The molecule has 6 heteroatoms. The normalized spacial score (nSPS) is 17.0. The zero-order valence-electron chi connectivity index (χ0n) is 12.3. The summed E-state index contributed by atoms with van der Waals surface area (Å²) in [5.41, 5.74) is 2.16. The van der Waals surface area contributed by atoms with Gasteiger partial charge in [-0.05, 0) is 18.6 Å². The van der Waals surface area contributed by atoms with Gasteiger partial charge in [-0.3, -0.25) is 4.68 Å². The number of ether oxygens (including phenoxy) is 1. The number of hydrogen-bond acceptors (Lipinski definition) is 5. The van der Waals surface area contributed by atoms with Crippen LogP contribution in [0.2, 0.25) is 0 Å². The Morgan fingerprint density at radius 1 is 1.36 bits per heavy atom. The van der Waals surface area contributed by atoms with Crippen molar-refractivity contribution in [1.29, 1.82) is 0 Å². The number of oxime groups is 1. The third-order valence-electron chi connectivity index (χ3n) is 3.29. The van der Waals surface area contributed by atoms with E-state index in [1.54, 1.807) is 16.9 Å². The molecule has 0 radical (unpaired) electrons. The largest absolute Gasteiger partial charge is 0.455 e. The smallest absolute Gasteiger partial charge is 0.359 e. The number of rotatable bonds is 5. The third kappa shape index (κ3) is 3.52. The maximum atomic E-state index is 12.0. The highest BCUT2D eigenvalue weighted by molar-refractivity contribution is 5.92. The monoisotopic (exact) mass is 299 g/mol. The first kappa shape index (κ1) is 14.3. The van der Waals surface area contributed by atoms with Gasteiger partial charge in [-0.25, -0.2) is 4.79 Å². The van der Waals surface area contributed by atoms with Gasteiger partial charge in [-0.15, -0.1) is 0 Å². The summed E-state index contributed by atoms with van der Waals surface area (Å²) in [6.45, 7) is 2.68. The first-order valence-electron chi connectivity index (χ1n) is 7.17. The molecule has 1 aromatic carbocycles. The van der Waals surface area contributed by atoms with Crippen LogP contribution in [0.1, 0.15) is 29.4 Å². The Hall–Kier alpha value is -2.63. The molecule has 0 aliphatic carbocycles. The lowest BCUT2D eigenvalue weighted by atomic mass is 10.2. The molecule has 1 aromatic heterocycles. The van der Waals surface area contributed by atoms with E-state index in [1.807, 2.05) is 37.3 Å². The number of carbonyl (C=O) groups is 1. The van der Waals surface area contributed by atoms with E-state index >= 15 is 0 Å². The quantitative estimate of drug-likeness (QED) is 0.794. The van der Waals surface area contributed by atoms with Gasteiger partial charge in [0.05, 0.1) is 12.3 Å². The van der Waals surface area contributed by atoms with E-state index in [0.29, 0.717) is 18.7 Å². The zero-order valence-corrected chi connectivity index (χ0v) is 12.3. The molecule has 2 aromatic rings. The summed E-state index contributed by atoms with van der Waals surface area (Å²) < 4.78 is 6.91. The average molecular weight is 299 g/mol. The Kier molecular flexibility index (Phi) is 4.18. The summed E-state index contributed by atoms with van der Waals surface area (Å²) in [5, 5.41) is 8.09. The highest BCUT2D eigenvalue weighted by atomic mass is 16.6. The Bertz CT molecular complexity index is 679. The van der Waals surface area contributed by atoms with Gasteiger partial charge in [-0.1, -0.05) is 35.5 Å². The van der Waals surface area contributed by atoms with Gasteiger partial charge in [0.2, 0.25) is 0 Å². The minimum absolute atomic E-state index is 0.0544. The molecule has 0 bridgehead atoms. The molecule has 3 rings (SSSR count). The zero-order chi connectivity index (χ0) is 15.4. The van der Waals surface area contributed by atoms with Crippen molar-refractivity contribution in [2.45, 2.75) is 26.0 Å². The number of hydrogen-bond donors (Lipinski definition) is 0. The topological polar surface area (TPSA) is 65.7 Å². The molecule has 6 nitrogen and oxygen atoms in total. The van der Waals surface area contributed by atoms with Gasteiger partial charge in [-0.2, -0.15) is 5.10 Å². The Morgan fingerprint density at radius 2 is 2.18 bits per heavy atom. The number of aromatic nitrogens is 2. The van der Waals surface area contributed by atoms with Crippen molar-refractivity contribution in [2.24, 2.45) is 5.16 Å². The van der Waals surface area contributed by atoms with E-state index < -0.39 is 5.97 Å². The molecule has 0 amide bonds. The number of carbonyl (C=O) groups excluding carboxylic acids is 1. The molecule has 2 heterocycles. The maximum absolute atomic E-state index is 12.0. The second-order valence-electron chi connectivity index (χ2n) is 5.24. The average Bonchev–Trinajstić information content (AvgIpc) is 3.15. The van der Waals surface area contributed by atoms with Crippen LogP contribution in [0.25, 0.3) is 0 Å². The fraction of sp³-hybridized carbons (Fsp3) is 0.312. The summed E-state index contributed by atoms with van der Waals surface area (Å²) in [4.78, 5) is 17.0. The summed E-state index contributed by atoms with van der Waals surface area (Å²) in [7, 11) is 0. The van der Waals surface area contributed by atoms with Crippen LogP contribution in [0, 0.1) is 0 Å². The van der Waals surface area contributed by atoms with Crippen LogP contribution in [0.3, 0.4) is 0 Å². The molecule has 1 atom stereocenters. The van der Waals surface area contributed by atoms with Crippen molar-refractivity contribution in [2.75, 3.05) is 6.61 Å². The predicted octanol–water partition coefficient (Wildman–Crippen LogP) is 2.25. The standard InChI is InChI=1S/C16H17N3O3/c1-12-9-14(18-22-12)11-21-16(20)15-7-8-19(17-15)10-13-5-3-2-4-6-13/h2-8,12H,9-11H2,1H3. The van der Waals surface area contributed by atoms with E-state index in [1.165, 1.54) is 0 Å². The minimum Gasteiger partial charge on any atom is -0.455 e. The summed E-state index contributed by atoms with van der Waals surface area (Å²) in [5.74, 6) is -0.450. The first-order valence-corrected chi connectivity index (χ1v) is 7.17. The lowest BCUT2D eigenvalue weighted by Crippen LogP contribution is -2.15. The van der Waals surface area contributed by atoms with Crippen LogP contribution >= 0.6 is 0 Å². The molecule has 0 saturated heterocycles. The molecule has 22 heavy (non-hydrogen) atoms. The molecule has 0 saturated carbocycles. The summed E-state index contributed by atoms with van der Waals surface area (Å²) in [6, 6.07) is 11.6. The van der Waals surface area contributed by atoms with Crippen molar-refractivity contribution in [3.63, 3.8) is 0 Å². The van der Waals surface area contributed by atoms with Crippen molar-refractivity contribution in [3.8, 4) is 0 Å². The molecule has 0 fully saturated rings. The highest BCUT2D eigenvalue weighted by Crippen LogP contribution is 2.10. The van der Waals surface area contributed by atoms with Gasteiger partial charge in [0.15, 0.2) is 5.69 Å². The van der Waals surface area contributed by atoms with E-state index in [2.05, 4.69) is 10.3 Å². The van der Waals surface area contributed by atoms with E-state index in [4.69, 9.17) is 9.57 Å². The Labute approximate surface area is 128 Å². The maximum Gasteiger partial charge on any atom is 0.359 e. The van der Waals surface area contributed by atoms with Crippen LogP contribution in [0.15, 0.2) is 47.8 Å². The van der Waals surface area contributed by atoms with Gasteiger partial charge in [0.1, 0.15) is 12.7 Å². The minimum atomic E-state index is -0.450. The van der Waals surface area contributed by atoms with Crippen molar-refractivity contribution >= 4 is 11.7 Å². The van der Waals surface area contributed by atoms with E-state index in [-0.39, 0.29) is 12.7 Å². The van der Waals surface area contributed by atoms with Crippen LogP contribution in [-0.4, -0.2) is 34.2 Å². The highest BCUT2D eigenvalue weighted by Gasteiger charge is 2.19. The number of benzene rings is 1. The lowest BCUT2D eigenvalue weighted by molar-refractivity contribution is 0.0554. The van der Waals surface area contributed by atoms with Gasteiger partial charge < -0.3 is 9.57 Å². The fourth-order valence-electron chi connectivity index (χ4n) is 2.21. The van der Waals surface area contributed by atoms with Gasteiger partial charge in [0, 0.05) is 12.6 Å². The Balaban J connectivity index is 1.55. The second-order valence-corrected chi connectivity index (χ2v) is 5.24. The lowest BCUT2D eigenvalue weighted by Gasteiger charge is -2.02. The molecule has 1 aliphatic heterocycles. The molecule has 1 aliphatic rings. The number of nitrogens with zero attached hydrogens (tertiary/aromatic N) is 3. The Morgan fingerprint density at radius 3 is 2.91 bits per heavy atom. The third-order valence-corrected chi connectivity index (χ3v) is 3.29. The first-order chi connectivity index (χ1) is 10.7. The number of esters is 1. The van der Waals surface area contributed by atoms with Crippen LogP contribution < -0.4 is 0 Å². The molecule has 0 spiro atoms. The molecular formula is C16H17N3O3. The summed E-state index contributed by atoms with van der Waals surface area (Å²) >= 11 is 0. The molecule has 114 valence electrons. The van der Waals surface area contributed by atoms with Crippen LogP contribution in [0.5, 0.6) is 0 Å². The summed E-state index contributed by atoms with van der Waals surface area (Å²) in [6.07, 6.45) is 2.51. The predicted molar refractivity (Wildman–Crippen MR) is 80.7 cm³/mol. The molecule has 0 N–H and O–H groups in total. The SMILES string of the molecule is CC1CC(COC(=O)c2ccn(Cc3ccccc3)n2)=NO1. The van der Waals surface area contributed by atoms with E-state index in [0.717, 1.165) is 11.3 Å². The molecular weight excluding hydrogens is 282 g/mol. The van der Waals surface area contributed by atoms with Gasteiger partial charge >= 0.3 is 5.97 Å². The van der Waals surface area contributed by atoms with Crippen molar-refractivity contribution in [1.82, 2.24) is 9.78 Å². The van der Waals surface area contributed by atoms with Crippen molar-refractivity contribution < 1.29 is 14.4 Å². The van der Waals surface area contributed by atoms with Crippen molar-refractivity contribution in [3.05, 3.63) is 53.9 Å². The second kappa shape index (κ2) is 6.43. The van der Waals surface area contributed by atoms with E-state index in [9.17, 15) is 4.79 Å². The molecule has 1 unspecified atom stereocenters. The fourth-order valence-corrected chi connectivity index (χ4v) is 2.21. The van der Waals surface area contributed by atoms with Crippen LogP contribution in [-0.2, 0) is 16.1 Å².